The van der Waals surface area contributed by atoms with E-state index in [1.54, 1.807) is 0 Å². The van der Waals surface area contributed by atoms with Crippen LogP contribution in [0, 0.1) is 10.1 Å². The number of nitro groups is 1. The number of nitro benzene ring substituents is 1. The number of aromatic nitrogens is 2. The second kappa shape index (κ2) is 7.00. The van der Waals surface area contributed by atoms with Gasteiger partial charge in [-0.25, -0.2) is 4.79 Å². The number of nitrogens with two attached hydrogens (primary N) is 1. The molecule has 0 radical (unpaired) electrons. The summed E-state index contributed by atoms with van der Waals surface area (Å²) in [5.74, 6) is -1.65. The maximum atomic E-state index is 12.7. The van der Waals surface area contributed by atoms with Crippen molar-refractivity contribution in [2.45, 2.75) is 6.18 Å². The first-order valence-electron chi connectivity index (χ1n) is 6.61. The molecule has 13 heteroatoms. The van der Waals surface area contributed by atoms with E-state index in [2.05, 4.69) is 15.1 Å². The average Bonchev–Trinajstić information content (AvgIpc) is 2.87. The number of aryl methyl sites for hydroxylation is 1. The van der Waals surface area contributed by atoms with Gasteiger partial charge in [-0.1, -0.05) is 16.8 Å². The molecule has 0 bridgehead atoms. The van der Waals surface area contributed by atoms with Crippen LogP contribution in [0.15, 0.2) is 29.4 Å². The van der Waals surface area contributed by atoms with Crippen molar-refractivity contribution in [3.8, 4) is 0 Å². The first kappa shape index (κ1) is 19.2. The zero-order chi connectivity index (χ0) is 19.6. The predicted molar refractivity (Wildman–Crippen MR) is 82.5 cm³/mol. The Hall–Kier alpha value is -3.15. The number of alkyl halides is 3. The molecule has 26 heavy (non-hydrogen) atoms. The molecule has 0 aliphatic heterocycles. The summed E-state index contributed by atoms with van der Waals surface area (Å²) in [5.41, 5.74) is 3.45. The molecule has 138 valence electrons. The Bertz CT molecular complexity index is 892. The van der Waals surface area contributed by atoms with Gasteiger partial charge in [-0.05, 0) is 12.1 Å². The number of rotatable bonds is 4. The number of halogens is 4. The van der Waals surface area contributed by atoms with E-state index in [1.165, 1.54) is 12.1 Å². The van der Waals surface area contributed by atoms with Gasteiger partial charge in [0, 0.05) is 24.7 Å². The van der Waals surface area contributed by atoms with Crippen LogP contribution < -0.4 is 5.73 Å². The summed E-state index contributed by atoms with van der Waals surface area (Å²) in [6, 6.07) is 4.80. The van der Waals surface area contributed by atoms with Gasteiger partial charge in [0.05, 0.1) is 4.92 Å². The van der Waals surface area contributed by atoms with E-state index >= 15 is 0 Å². The van der Waals surface area contributed by atoms with Gasteiger partial charge in [-0.3, -0.25) is 14.8 Å². The van der Waals surface area contributed by atoms with Crippen LogP contribution in [0.25, 0.3) is 0 Å². The Labute approximate surface area is 147 Å². The minimum Gasteiger partial charge on any atom is -0.380 e. The van der Waals surface area contributed by atoms with Crippen molar-refractivity contribution >= 4 is 29.1 Å². The highest BCUT2D eigenvalue weighted by atomic mass is 35.5. The van der Waals surface area contributed by atoms with Crippen LogP contribution in [0.5, 0.6) is 0 Å². The predicted octanol–water partition coefficient (Wildman–Crippen LogP) is 2.48. The summed E-state index contributed by atoms with van der Waals surface area (Å²) < 4.78 is 38.8. The Kier molecular flexibility index (Phi) is 5.16. The molecule has 2 N–H and O–H groups in total. The van der Waals surface area contributed by atoms with Crippen LogP contribution >= 0.6 is 11.6 Å². The minimum absolute atomic E-state index is 0.190. The topological polar surface area (TPSA) is 126 Å². The third-order valence-corrected chi connectivity index (χ3v) is 3.41. The van der Waals surface area contributed by atoms with Crippen molar-refractivity contribution in [2.75, 3.05) is 0 Å². The fourth-order valence-electron chi connectivity index (χ4n) is 1.84. The molecule has 0 fully saturated rings. The number of non-ortho nitro benzene ring substituents is 1. The molecule has 0 amide bonds. The number of hydrogen-bond acceptors (Lipinski definition) is 6. The normalized spacial score (nSPS) is 12.1. The molecular formula is C13H9ClF3N5O4. The number of carbonyl (C=O) groups excluding carboxylic acids is 1. The monoisotopic (exact) mass is 391 g/mol. The van der Waals surface area contributed by atoms with Gasteiger partial charge >= 0.3 is 12.1 Å². The summed E-state index contributed by atoms with van der Waals surface area (Å²) in [6.07, 6.45) is -4.85. The molecule has 2 rings (SSSR count). The molecule has 1 heterocycles. The number of amidine groups is 1. The van der Waals surface area contributed by atoms with E-state index in [-0.39, 0.29) is 17.1 Å². The van der Waals surface area contributed by atoms with E-state index < -0.39 is 33.5 Å². The minimum atomic E-state index is -4.85. The van der Waals surface area contributed by atoms with Crippen molar-refractivity contribution in [1.29, 1.82) is 0 Å². The quantitative estimate of drug-likeness (QED) is 0.280. The average molecular weight is 392 g/mol. The van der Waals surface area contributed by atoms with Crippen molar-refractivity contribution in [3.63, 3.8) is 0 Å². The van der Waals surface area contributed by atoms with E-state index in [4.69, 9.17) is 17.3 Å². The molecule has 1 aromatic carbocycles. The van der Waals surface area contributed by atoms with Gasteiger partial charge in [-0.15, -0.1) is 0 Å². The molecule has 1 aromatic heterocycles. The first-order chi connectivity index (χ1) is 12.0. The SMILES string of the molecule is Cn1nc(C(F)(F)F)c(Cl)c1C(=O)O/N=C(\N)c1ccc([N+](=O)[O-])cc1. The highest BCUT2D eigenvalue weighted by molar-refractivity contribution is 6.34. The van der Waals surface area contributed by atoms with Gasteiger partial charge in [0.25, 0.3) is 5.69 Å². The third-order valence-electron chi connectivity index (χ3n) is 3.05. The molecule has 9 nitrogen and oxygen atoms in total. The maximum Gasteiger partial charge on any atom is 0.436 e. The van der Waals surface area contributed by atoms with Gasteiger partial charge in [-0.2, -0.15) is 18.3 Å². The summed E-state index contributed by atoms with van der Waals surface area (Å²) in [5, 5.41) is 16.1. The van der Waals surface area contributed by atoms with E-state index in [9.17, 15) is 28.1 Å². The number of oxime groups is 1. The van der Waals surface area contributed by atoms with Crippen molar-refractivity contribution in [1.82, 2.24) is 9.78 Å². The number of hydrogen-bond donors (Lipinski definition) is 1. The number of nitrogens with zero attached hydrogens (tertiary/aromatic N) is 4. The summed E-state index contributed by atoms with van der Waals surface area (Å²) in [6.45, 7) is 0. The summed E-state index contributed by atoms with van der Waals surface area (Å²) in [4.78, 5) is 26.3. The van der Waals surface area contributed by atoms with E-state index in [0.717, 1.165) is 19.2 Å². The van der Waals surface area contributed by atoms with Gasteiger partial charge in [0.2, 0.25) is 0 Å². The number of benzene rings is 1. The van der Waals surface area contributed by atoms with Crippen LogP contribution in [0.2, 0.25) is 5.02 Å². The van der Waals surface area contributed by atoms with Crippen LogP contribution in [0.1, 0.15) is 21.7 Å². The number of carbonyl (C=O) groups is 1. The molecule has 2 aromatic rings. The van der Waals surface area contributed by atoms with Crippen LogP contribution in [-0.2, 0) is 18.1 Å². The van der Waals surface area contributed by atoms with E-state index in [0.29, 0.717) is 4.68 Å². The molecule has 0 aliphatic carbocycles. The zero-order valence-electron chi connectivity index (χ0n) is 12.8. The van der Waals surface area contributed by atoms with Crippen molar-refractivity contribution in [3.05, 3.63) is 56.4 Å². The lowest BCUT2D eigenvalue weighted by atomic mass is 10.2. The Morgan fingerprint density at radius 1 is 1.38 bits per heavy atom. The maximum absolute atomic E-state index is 12.7. The second-order valence-electron chi connectivity index (χ2n) is 4.79. The zero-order valence-corrected chi connectivity index (χ0v) is 13.6. The van der Waals surface area contributed by atoms with Gasteiger partial charge in [0.1, 0.15) is 5.02 Å². The van der Waals surface area contributed by atoms with Crippen LogP contribution in [0.4, 0.5) is 18.9 Å². The molecule has 0 atom stereocenters. The van der Waals surface area contributed by atoms with Crippen LogP contribution in [-0.4, -0.2) is 26.5 Å². The molecule has 0 spiro atoms. The first-order valence-corrected chi connectivity index (χ1v) is 6.99. The largest absolute Gasteiger partial charge is 0.436 e. The van der Waals surface area contributed by atoms with Gasteiger partial charge < -0.3 is 10.6 Å². The lowest BCUT2D eigenvalue weighted by Crippen LogP contribution is -2.16. The molecule has 0 aliphatic rings. The lowest BCUT2D eigenvalue weighted by Gasteiger charge is -2.02. The standard InChI is InChI=1S/C13H9ClF3N5O4/c1-21-9(8(14)10(19-21)13(15,16)17)12(23)26-20-11(18)6-2-4-7(5-3-6)22(24)25/h2-5H,1H3,(H2,18,20). The summed E-state index contributed by atoms with van der Waals surface area (Å²) in [7, 11) is 1.07. The van der Waals surface area contributed by atoms with Crippen molar-refractivity contribution < 1.29 is 27.7 Å². The smallest absolute Gasteiger partial charge is 0.380 e. The fraction of sp³-hybridized carbons (Fsp3) is 0.154. The molecule has 0 saturated heterocycles. The molecular weight excluding hydrogens is 383 g/mol. The highest BCUT2D eigenvalue weighted by Gasteiger charge is 2.40. The highest BCUT2D eigenvalue weighted by Crippen LogP contribution is 2.35. The summed E-state index contributed by atoms with van der Waals surface area (Å²) >= 11 is 5.54. The van der Waals surface area contributed by atoms with Crippen molar-refractivity contribution in [2.24, 2.45) is 17.9 Å². The second-order valence-corrected chi connectivity index (χ2v) is 5.17. The van der Waals surface area contributed by atoms with E-state index in [1.807, 2.05) is 0 Å². The fourth-order valence-corrected chi connectivity index (χ4v) is 2.19. The van der Waals surface area contributed by atoms with Crippen LogP contribution in [0.3, 0.4) is 0 Å². The third kappa shape index (κ3) is 3.91. The molecule has 0 saturated carbocycles. The Morgan fingerprint density at radius 2 is 1.96 bits per heavy atom. The molecule has 0 unspecified atom stereocenters. The Balaban J connectivity index is 2.21. The van der Waals surface area contributed by atoms with Gasteiger partial charge in [0.15, 0.2) is 17.2 Å². The lowest BCUT2D eigenvalue weighted by molar-refractivity contribution is -0.384. The Morgan fingerprint density at radius 3 is 2.42 bits per heavy atom.